The molecule has 1 aliphatic rings. The number of ketones is 1. The summed E-state index contributed by atoms with van der Waals surface area (Å²) in [5, 5.41) is 3.09. The Bertz CT molecular complexity index is 828. The second-order valence-electron chi connectivity index (χ2n) is 5.70. The van der Waals surface area contributed by atoms with Crippen LogP contribution in [0.15, 0.2) is 47.8 Å². The average Bonchev–Trinajstić information content (AvgIpc) is 3.13. The van der Waals surface area contributed by atoms with Crippen LogP contribution in [0.4, 0.5) is 0 Å². The van der Waals surface area contributed by atoms with Crippen molar-refractivity contribution in [1.82, 2.24) is 0 Å². The Hall–Kier alpha value is -1.93. The molecule has 1 aliphatic carbocycles. The van der Waals surface area contributed by atoms with Crippen molar-refractivity contribution in [3.63, 3.8) is 0 Å². The molecule has 0 bridgehead atoms. The largest absolute Gasteiger partial charge is 0.294 e. The molecule has 0 N–H and O–H groups in total. The van der Waals surface area contributed by atoms with Crippen LogP contribution in [0.1, 0.15) is 33.5 Å². The minimum Gasteiger partial charge on any atom is -0.294 e. The molecule has 1 nitrogen and oxygen atoms in total. The first kappa shape index (κ1) is 12.8. The average molecular weight is 292 g/mol. The zero-order valence-corrected chi connectivity index (χ0v) is 12.6. The van der Waals surface area contributed by atoms with Gasteiger partial charge in [0.15, 0.2) is 5.78 Å². The standard InChI is InChI=1S/C19H16OS/c20-18(17-12-21-19-7-2-1-6-16(17)19)11-13-8-9-14-4-3-5-15(14)10-13/h1-2,6-10,12H,3-5,11H2. The minimum atomic E-state index is 0.227. The number of aryl methyl sites for hydroxylation is 2. The summed E-state index contributed by atoms with van der Waals surface area (Å²) in [4.78, 5) is 12.6. The number of hydrogen-bond donors (Lipinski definition) is 0. The molecule has 1 heterocycles. The molecular weight excluding hydrogens is 276 g/mol. The topological polar surface area (TPSA) is 17.1 Å². The number of carbonyl (C=O) groups excluding carboxylic acids is 1. The fraction of sp³-hybridized carbons (Fsp3) is 0.211. The third-order valence-corrected chi connectivity index (χ3v) is 5.27. The van der Waals surface area contributed by atoms with Gasteiger partial charge in [0, 0.05) is 27.5 Å². The van der Waals surface area contributed by atoms with Crippen LogP contribution in [-0.2, 0) is 19.3 Å². The van der Waals surface area contributed by atoms with E-state index >= 15 is 0 Å². The van der Waals surface area contributed by atoms with Crippen molar-refractivity contribution in [3.8, 4) is 0 Å². The zero-order chi connectivity index (χ0) is 14.2. The van der Waals surface area contributed by atoms with E-state index in [1.165, 1.54) is 35.1 Å². The van der Waals surface area contributed by atoms with Crippen molar-refractivity contribution in [2.24, 2.45) is 0 Å². The van der Waals surface area contributed by atoms with Crippen molar-refractivity contribution in [2.45, 2.75) is 25.7 Å². The smallest absolute Gasteiger partial charge is 0.168 e. The number of Topliss-reactive ketones (excluding diaryl/α,β-unsaturated/α-hetero) is 1. The molecule has 0 radical (unpaired) electrons. The van der Waals surface area contributed by atoms with Gasteiger partial charge >= 0.3 is 0 Å². The lowest BCUT2D eigenvalue weighted by atomic mass is 9.99. The predicted molar refractivity (Wildman–Crippen MR) is 88.3 cm³/mol. The van der Waals surface area contributed by atoms with E-state index in [1.807, 2.05) is 23.6 Å². The normalized spacial score (nSPS) is 13.5. The molecule has 4 rings (SSSR count). The van der Waals surface area contributed by atoms with Gasteiger partial charge in [0.25, 0.3) is 0 Å². The molecule has 0 fully saturated rings. The fourth-order valence-electron chi connectivity index (χ4n) is 3.21. The Labute approximate surface area is 128 Å². The molecule has 0 unspecified atom stereocenters. The van der Waals surface area contributed by atoms with Crippen LogP contribution in [-0.4, -0.2) is 5.78 Å². The lowest BCUT2D eigenvalue weighted by Crippen LogP contribution is -2.03. The van der Waals surface area contributed by atoms with E-state index in [-0.39, 0.29) is 5.78 Å². The highest BCUT2D eigenvalue weighted by atomic mass is 32.1. The third-order valence-electron chi connectivity index (χ3n) is 4.31. The van der Waals surface area contributed by atoms with Gasteiger partial charge in [0.05, 0.1) is 0 Å². The molecule has 21 heavy (non-hydrogen) atoms. The van der Waals surface area contributed by atoms with Gasteiger partial charge in [-0.25, -0.2) is 0 Å². The van der Waals surface area contributed by atoms with Gasteiger partial charge in [-0.05, 0) is 42.0 Å². The first-order chi connectivity index (χ1) is 10.3. The maximum absolute atomic E-state index is 12.6. The SMILES string of the molecule is O=C(Cc1ccc2c(c1)CCC2)c1csc2ccccc12. The Morgan fingerprint density at radius 1 is 1.05 bits per heavy atom. The number of rotatable bonds is 3. The van der Waals surface area contributed by atoms with Crippen molar-refractivity contribution in [2.75, 3.05) is 0 Å². The molecule has 104 valence electrons. The quantitative estimate of drug-likeness (QED) is 0.633. The van der Waals surface area contributed by atoms with E-state index in [1.54, 1.807) is 11.3 Å². The summed E-state index contributed by atoms with van der Waals surface area (Å²) in [6.45, 7) is 0. The molecule has 2 heteroatoms. The van der Waals surface area contributed by atoms with Gasteiger partial charge < -0.3 is 0 Å². The lowest BCUT2D eigenvalue weighted by Gasteiger charge is -2.04. The molecular formula is C19H16OS. The summed E-state index contributed by atoms with van der Waals surface area (Å²) < 4.78 is 1.19. The van der Waals surface area contributed by atoms with Crippen molar-refractivity contribution >= 4 is 27.2 Å². The zero-order valence-electron chi connectivity index (χ0n) is 11.8. The van der Waals surface area contributed by atoms with E-state index in [0.717, 1.165) is 16.5 Å². The van der Waals surface area contributed by atoms with Gasteiger partial charge in [0.1, 0.15) is 0 Å². The second-order valence-corrected chi connectivity index (χ2v) is 6.61. The molecule has 0 spiro atoms. The van der Waals surface area contributed by atoms with Gasteiger partial charge in [-0.2, -0.15) is 0 Å². The van der Waals surface area contributed by atoms with E-state index in [2.05, 4.69) is 24.3 Å². The predicted octanol–water partition coefficient (Wildman–Crippen LogP) is 4.82. The van der Waals surface area contributed by atoms with E-state index < -0.39 is 0 Å². The molecule has 3 aromatic rings. The number of benzene rings is 2. The Kier molecular flexibility index (Phi) is 3.12. The Morgan fingerprint density at radius 2 is 1.90 bits per heavy atom. The van der Waals surface area contributed by atoms with Gasteiger partial charge in [-0.15, -0.1) is 11.3 Å². The molecule has 2 aromatic carbocycles. The highest BCUT2D eigenvalue weighted by Crippen LogP contribution is 2.28. The fourth-order valence-corrected chi connectivity index (χ4v) is 4.17. The van der Waals surface area contributed by atoms with Crippen LogP contribution in [0.3, 0.4) is 0 Å². The van der Waals surface area contributed by atoms with Crippen molar-refractivity contribution < 1.29 is 4.79 Å². The van der Waals surface area contributed by atoms with Crippen LogP contribution in [0.2, 0.25) is 0 Å². The lowest BCUT2D eigenvalue weighted by molar-refractivity contribution is 0.0995. The number of carbonyl (C=O) groups is 1. The van der Waals surface area contributed by atoms with E-state index in [9.17, 15) is 4.79 Å². The molecule has 1 aromatic heterocycles. The van der Waals surface area contributed by atoms with Crippen LogP contribution in [0, 0.1) is 0 Å². The maximum atomic E-state index is 12.6. The van der Waals surface area contributed by atoms with Crippen molar-refractivity contribution in [3.05, 3.63) is 70.1 Å². The Morgan fingerprint density at radius 3 is 2.86 bits per heavy atom. The van der Waals surface area contributed by atoms with Crippen molar-refractivity contribution in [1.29, 1.82) is 0 Å². The van der Waals surface area contributed by atoms with Crippen LogP contribution in [0.25, 0.3) is 10.1 Å². The van der Waals surface area contributed by atoms with Gasteiger partial charge in [-0.3, -0.25) is 4.79 Å². The van der Waals surface area contributed by atoms with Crippen LogP contribution in [0.5, 0.6) is 0 Å². The molecule has 0 saturated carbocycles. The monoisotopic (exact) mass is 292 g/mol. The molecule has 0 aliphatic heterocycles. The van der Waals surface area contributed by atoms with Crippen LogP contribution >= 0.6 is 11.3 Å². The first-order valence-electron chi connectivity index (χ1n) is 7.41. The summed E-state index contributed by atoms with van der Waals surface area (Å²) >= 11 is 1.65. The number of thiophene rings is 1. The molecule has 0 amide bonds. The van der Waals surface area contributed by atoms with Crippen LogP contribution < -0.4 is 0 Å². The second kappa shape index (κ2) is 5.12. The van der Waals surface area contributed by atoms with E-state index in [0.29, 0.717) is 6.42 Å². The summed E-state index contributed by atoms with van der Waals surface area (Å²) in [5.41, 5.74) is 4.93. The third kappa shape index (κ3) is 2.30. The molecule has 0 atom stereocenters. The van der Waals surface area contributed by atoms with Gasteiger partial charge in [-0.1, -0.05) is 36.4 Å². The first-order valence-corrected chi connectivity index (χ1v) is 8.29. The number of fused-ring (bicyclic) bond motifs is 2. The minimum absolute atomic E-state index is 0.227. The highest BCUT2D eigenvalue weighted by molar-refractivity contribution is 7.17. The molecule has 0 saturated heterocycles. The summed E-state index contributed by atoms with van der Waals surface area (Å²) in [5.74, 6) is 0.227. The number of hydrogen-bond acceptors (Lipinski definition) is 2. The summed E-state index contributed by atoms with van der Waals surface area (Å²) in [6, 6.07) is 14.7. The van der Waals surface area contributed by atoms with Gasteiger partial charge in [0.2, 0.25) is 0 Å². The highest BCUT2D eigenvalue weighted by Gasteiger charge is 2.15. The van der Waals surface area contributed by atoms with E-state index in [4.69, 9.17) is 0 Å². The Balaban J connectivity index is 1.63. The summed E-state index contributed by atoms with van der Waals surface area (Å²) in [6.07, 6.45) is 4.12. The maximum Gasteiger partial charge on any atom is 0.168 e. The summed E-state index contributed by atoms with van der Waals surface area (Å²) in [7, 11) is 0.